The molecular formula is C17H24N2Si. The molecular weight excluding hydrogens is 260 g/mol. The van der Waals surface area contributed by atoms with Crippen LogP contribution in [0.4, 0.5) is 0 Å². The summed E-state index contributed by atoms with van der Waals surface area (Å²) in [5, 5.41) is 0.221. The summed E-state index contributed by atoms with van der Waals surface area (Å²) in [5.74, 6) is 0. The summed E-state index contributed by atoms with van der Waals surface area (Å²) in [6.07, 6.45) is 3.74. The lowest BCUT2D eigenvalue weighted by Crippen LogP contribution is -2.57. The predicted molar refractivity (Wildman–Crippen MR) is 87.9 cm³/mol. The van der Waals surface area contributed by atoms with Crippen molar-refractivity contribution < 1.29 is 0 Å². The number of hydrogen-bond donors (Lipinski definition) is 0. The van der Waals surface area contributed by atoms with Gasteiger partial charge in [0, 0.05) is 12.4 Å². The molecule has 0 fully saturated rings. The lowest BCUT2D eigenvalue weighted by molar-refractivity contribution is 0.716. The number of aryl methyl sites for hydroxylation is 1. The van der Waals surface area contributed by atoms with Crippen LogP contribution >= 0.6 is 0 Å². The van der Waals surface area contributed by atoms with Gasteiger partial charge in [0.15, 0.2) is 0 Å². The molecule has 1 aromatic heterocycles. The van der Waals surface area contributed by atoms with Crippen LogP contribution in [0, 0.1) is 6.92 Å². The first-order chi connectivity index (χ1) is 9.33. The van der Waals surface area contributed by atoms with Gasteiger partial charge in [-0.15, -0.1) is 0 Å². The summed E-state index contributed by atoms with van der Waals surface area (Å²) in [6, 6.07) is 11.9. The molecule has 0 radical (unpaired) electrons. The fraction of sp³-hybridized carbons (Fsp3) is 0.412. The molecule has 1 aromatic carbocycles. The number of rotatable bonds is 3. The van der Waals surface area contributed by atoms with Crippen LogP contribution in [0.5, 0.6) is 0 Å². The molecule has 20 heavy (non-hydrogen) atoms. The van der Waals surface area contributed by atoms with Crippen LogP contribution in [-0.4, -0.2) is 18.0 Å². The highest BCUT2D eigenvalue weighted by Crippen LogP contribution is 2.37. The largest absolute Gasteiger partial charge is 0.247 e. The van der Waals surface area contributed by atoms with E-state index in [1.807, 2.05) is 18.5 Å². The Morgan fingerprint density at radius 2 is 1.55 bits per heavy atom. The quantitative estimate of drug-likeness (QED) is 0.804. The van der Waals surface area contributed by atoms with Gasteiger partial charge >= 0.3 is 0 Å². The van der Waals surface area contributed by atoms with Gasteiger partial charge in [0.1, 0.15) is 13.5 Å². The first kappa shape index (κ1) is 14.9. The molecule has 106 valence electrons. The maximum atomic E-state index is 4.58. The Hall–Kier alpha value is -1.48. The minimum atomic E-state index is -1.81. The molecule has 0 bridgehead atoms. The van der Waals surface area contributed by atoms with E-state index in [0.717, 1.165) is 11.5 Å². The highest BCUT2D eigenvalue weighted by atomic mass is 28.3. The molecule has 0 spiro atoms. The van der Waals surface area contributed by atoms with E-state index < -0.39 is 8.07 Å². The van der Waals surface area contributed by atoms with E-state index in [0.29, 0.717) is 0 Å². The van der Waals surface area contributed by atoms with Crippen molar-refractivity contribution in [1.82, 2.24) is 9.97 Å². The van der Waals surface area contributed by atoms with E-state index in [1.54, 1.807) is 0 Å². The second-order valence-corrected chi connectivity index (χ2v) is 11.8. The molecule has 1 heterocycles. The van der Waals surface area contributed by atoms with E-state index in [-0.39, 0.29) is 5.04 Å². The summed E-state index contributed by atoms with van der Waals surface area (Å²) in [5.41, 5.74) is 3.77. The molecule has 0 saturated heterocycles. The summed E-state index contributed by atoms with van der Waals surface area (Å²) in [7, 11) is -1.81. The molecule has 3 heteroatoms. The van der Waals surface area contributed by atoms with Gasteiger partial charge in [0.2, 0.25) is 0 Å². The zero-order valence-corrected chi connectivity index (χ0v) is 14.1. The Balaban J connectivity index is 2.41. The third kappa shape index (κ3) is 2.98. The third-order valence-electron chi connectivity index (χ3n) is 4.39. The van der Waals surface area contributed by atoms with E-state index >= 15 is 0 Å². The van der Waals surface area contributed by atoms with Gasteiger partial charge in [-0.1, -0.05) is 62.7 Å². The Kier molecular flexibility index (Phi) is 4.09. The predicted octanol–water partition coefficient (Wildman–Crippen LogP) is 3.65. The summed E-state index contributed by atoms with van der Waals surface area (Å²) >= 11 is 0. The van der Waals surface area contributed by atoms with Crippen LogP contribution in [0.2, 0.25) is 11.6 Å². The van der Waals surface area contributed by atoms with Crippen LogP contribution in [0.25, 0.3) is 0 Å². The fourth-order valence-electron chi connectivity index (χ4n) is 2.38. The number of nitrogens with zero attached hydrogens (tertiary/aromatic N) is 2. The van der Waals surface area contributed by atoms with Crippen LogP contribution in [0.15, 0.2) is 42.7 Å². The molecule has 0 aliphatic rings. The van der Waals surface area contributed by atoms with Crippen molar-refractivity contribution in [3.63, 3.8) is 0 Å². The van der Waals surface area contributed by atoms with Crippen LogP contribution < -0.4 is 5.45 Å². The Labute approximate surface area is 123 Å². The average Bonchev–Trinajstić information content (AvgIpc) is 2.41. The molecule has 1 unspecified atom stereocenters. The van der Waals surface area contributed by atoms with E-state index in [1.165, 1.54) is 11.1 Å². The van der Waals surface area contributed by atoms with Gasteiger partial charge < -0.3 is 0 Å². The van der Waals surface area contributed by atoms with Crippen LogP contribution in [0.1, 0.15) is 31.9 Å². The van der Waals surface area contributed by atoms with Crippen molar-refractivity contribution >= 4 is 13.5 Å². The van der Waals surface area contributed by atoms with Crippen molar-refractivity contribution in [3.8, 4) is 0 Å². The SMILES string of the molecule is Cc1ccc(C[Si](C)(c2ncccn2)C(C)(C)C)cc1. The van der Waals surface area contributed by atoms with Crippen molar-refractivity contribution in [2.24, 2.45) is 0 Å². The first-order valence-corrected chi connectivity index (χ1v) is 9.87. The smallest absolute Gasteiger partial charge is 0.141 e. The molecule has 0 amide bonds. The second kappa shape index (κ2) is 5.48. The lowest BCUT2D eigenvalue weighted by atomic mass is 10.2. The number of hydrogen-bond acceptors (Lipinski definition) is 2. The maximum Gasteiger partial charge on any atom is 0.141 e. The second-order valence-electron chi connectivity index (χ2n) is 6.82. The molecule has 0 N–H and O–H groups in total. The highest BCUT2D eigenvalue weighted by molar-refractivity contribution is 6.91. The van der Waals surface area contributed by atoms with Gasteiger partial charge in [-0.05, 0) is 24.1 Å². The molecule has 1 atom stereocenters. The summed E-state index contributed by atoms with van der Waals surface area (Å²) in [4.78, 5) is 9.16. The molecule has 0 aliphatic carbocycles. The topological polar surface area (TPSA) is 25.8 Å². The molecule has 0 saturated carbocycles. The summed E-state index contributed by atoms with van der Waals surface area (Å²) in [6.45, 7) is 11.5. The average molecular weight is 284 g/mol. The van der Waals surface area contributed by atoms with Gasteiger partial charge in [-0.25, -0.2) is 9.97 Å². The fourth-order valence-corrected chi connectivity index (χ4v) is 5.51. The maximum absolute atomic E-state index is 4.58. The highest BCUT2D eigenvalue weighted by Gasteiger charge is 2.44. The third-order valence-corrected chi connectivity index (χ3v) is 10.1. The Bertz CT molecular complexity index is 558. The van der Waals surface area contributed by atoms with E-state index in [2.05, 4.69) is 68.5 Å². The Morgan fingerprint density at radius 1 is 1.00 bits per heavy atom. The van der Waals surface area contributed by atoms with Gasteiger partial charge in [-0.2, -0.15) is 0 Å². The zero-order chi connectivity index (χ0) is 14.8. The van der Waals surface area contributed by atoms with Gasteiger partial charge in [0.25, 0.3) is 0 Å². The zero-order valence-electron chi connectivity index (χ0n) is 13.1. The Morgan fingerprint density at radius 3 is 2.05 bits per heavy atom. The van der Waals surface area contributed by atoms with Crippen molar-refractivity contribution in [2.45, 2.75) is 45.3 Å². The minimum absolute atomic E-state index is 0.221. The first-order valence-electron chi connectivity index (χ1n) is 7.16. The van der Waals surface area contributed by atoms with Crippen molar-refractivity contribution in [2.75, 3.05) is 0 Å². The lowest BCUT2D eigenvalue weighted by Gasteiger charge is -2.38. The summed E-state index contributed by atoms with van der Waals surface area (Å²) < 4.78 is 0. The molecule has 2 aromatic rings. The van der Waals surface area contributed by atoms with Gasteiger partial charge in [0.05, 0.1) is 0 Å². The van der Waals surface area contributed by atoms with Gasteiger partial charge in [-0.3, -0.25) is 0 Å². The molecule has 2 nitrogen and oxygen atoms in total. The number of benzene rings is 1. The van der Waals surface area contributed by atoms with E-state index in [4.69, 9.17) is 0 Å². The van der Waals surface area contributed by atoms with E-state index in [9.17, 15) is 0 Å². The number of aromatic nitrogens is 2. The normalized spacial score (nSPS) is 14.8. The van der Waals surface area contributed by atoms with Crippen molar-refractivity contribution in [1.29, 1.82) is 0 Å². The van der Waals surface area contributed by atoms with Crippen molar-refractivity contribution in [3.05, 3.63) is 53.9 Å². The molecule has 2 rings (SSSR count). The molecule has 0 aliphatic heterocycles. The van der Waals surface area contributed by atoms with Crippen LogP contribution in [-0.2, 0) is 6.04 Å². The minimum Gasteiger partial charge on any atom is -0.247 e. The monoisotopic (exact) mass is 284 g/mol. The van der Waals surface area contributed by atoms with Crippen LogP contribution in [0.3, 0.4) is 0 Å². The standard InChI is InChI=1S/C17H24N2Si/c1-14-7-9-15(10-8-14)13-20(5,17(2,3)4)16-18-11-6-12-19-16/h6-12H,13H2,1-5H3.